The van der Waals surface area contributed by atoms with Gasteiger partial charge in [-0.15, -0.1) is 0 Å². The number of rotatable bonds is 8. The minimum atomic E-state index is -3.81. The Hall–Kier alpha value is -3.37. The fraction of sp³-hybridized carbons (Fsp3) is 0.240. The summed E-state index contributed by atoms with van der Waals surface area (Å²) in [6.45, 7) is 7.19. The molecule has 35 heavy (non-hydrogen) atoms. The first-order chi connectivity index (χ1) is 16.3. The van der Waals surface area contributed by atoms with Gasteiger partial charge in [0.25, 0.3) is 10.0 Å². The molecular weight excluding hydrogens is 486 g/mol. The molecule has 0 saturated carbocycles. The van der Waals surface area contributed by atoms with Crippen LogP contribution in [-0.2, 0) is 24.8 Å². The summed E-state index contributed by atoms with van der Waals surface area (Å²) in [6, 6.07) is 16.7. The van der Waals surface area contributed by atoms with E-state index in [1.165, 1.54) is 31.2 Å². The molecule has 0 aromatic heterocycles. The third kappa shape index (κ3) is 6.40. The van der Waals surface area contributed by atoms with E-state index in [1.54, 1.807) is 42.5 Å². The predicted octanol–water partition coefficient (Wildman–Crippen LogP) is 4.21. The van der Waals surface area contributed by atoms with E-state index in [0.29, 0.717) is 17.1 Å². The fourth-order valence-corrected chi connectivity index (χ4v) is 5.70. The summed E-state index contributed by atoms with van der Waals surface area (Å²) in [6.07, 6.45) is 1.05. The highest BCUT2D eigenvalue weighted by molar-refractivity contribution is 7.92. The molecule has 3 aromatic carbocycles. The van der Waals surface area contributed by atoms with Gasteiger partial charge in [0.1, 0.15) is 6.04 Å². The summed E-state index contributed by atoms with van der Waals surface area (Å²) < 4.78 is 54.0. The van der Waals surface area contributed by atoms with Gasteiger partial charge in [0.15, 0.2) is 0 Å². The van der Waals surface area contributed by atoms with E-state index in [2.05, 4.69) is 10.0 Å². The second kappa shape index (κ2) is 10.1. The molecule has 0 aliphatic heterocycles. The summed E-state index contributed by atoms with van der Waals surface area (Å²) in [4.78, 5) is 13.0. The van der Waals surface area contributed by atoms with Crippen molar-refractivity contribution in [3.63, 3.8) is 0 Å². The Morgan fingerprint density at radius 2 is 1.37 bits per heavy atom. The monoisotopic (exact) mass is 515 g/mol. The SMILES string of the molecule is Cc1ccc(NS(=O)(=O)c2ccc(NC(=O)[C@H](C)N(c3ccc(C)c(C)c3)S(C)(=O)=O)cc2)cc1. The van der Waals surface area contributed by atoms with Crippen molar-refractivity contribution >= 4 is 43.0 Å². The quantitative estimate of drug-likeness (QED) is 0.467. The molecule has 0 fully saturated rings. The lowest BCUT2D eigenvalue weighted by Crippen LogP contribution is -2.45. The number of amides is 1. The number of sulfonamides is 2. The minimum Gasteiger partial charge on any atom is -0.324 e. The number of nitrogens with zero attached hydrogens (tertiary/aromatic N) is 1. The summed E-state index contributed by atoms with van der Waals surface area (Å²) in [5.41, 5.74) is 4.08. The smallest absolute Gasteiger partial charge is 0.261 e. The van der Waals surface area contributed by atoms with Gasteiger partial charge in [0.2, 0.25) is 15.9 Å². The van der Waals surface area contributed by atoms with Crippen LogP contribution in [0.3, 0.4) is 0 Å². The van der Waals surface area contributed by atoms with Crippen molar-refractivity contribution < 1.29 is 21.6 Å². The maximum atomic E-state index is 12.9. The number of carbonyl (C=O) groups is 1. The number of hydrogen-bond donors (Lipinski definition) is 2. The number of anilines is 3. The average molecular weight is 516 g/mol. The van der Waals surface area contributed by atoms with Crippen LogP contribution in [-0.4, -0.2) is 35.0 Å². The Morgan fingerprint density at radius 3 is 1.91 bits per heavy atom. The third-order valence-corrected chi connectivity index (χ3v) is 8.21. The van der Waals surface area contributed by atoms with Crippen molar-refractivity contribution in [3.05, 3.63) is 83.4 Å². The number of aryl methyl sites for hydroxylation is 3. The molecule has 0 aliphatic carbocycles. The predicted molar refractivity (Wildman–Crippen MR) is 140 cm³/mol. The van der Waals surface area contributed by atoms with Crippen LogP contribution in [0.5, 0.6) is 0 Å². The van der Waals surface area contributed by atoms with Crippen molar-refractivity contribution in [3.8, 4) is 0 Å². The van der Waals surface area contributed by atoms with E-state index in [4.69, 9.17) is 0 Å². The Labute approximate surface area is 207 Å². The molecule has 1 atom stereocenters. The summed E-state index contributed by atoms with van der Waals surface area (Å²) >= 11 is 0. The molecule has 10 heteroatoms. The van der Waals surface area contributed by atoms with Crippen LogP contribution in [0.2, 0.25) is 0 Å². The molecule has 0 unspecified atom stereocenters. The van der Waals surface area contributed by atoms with Crippen LogP contribution in [0.4, 0.5) is 17.1 Å². The van der Waals surface area contributed by atoms with Gasteiger partial charge >= 0.3 is 0 Å². The second-order valence-electron chi connectivity index (χ2n) is 8.49. The van der Waals surface area contributed by atoms with Gasteiger partial charge in [-0.05, 0) is 87.4 Å². The molecule has 3 rings (SSSR count). The highest BCUT2D eigenvalue weighted by Gasteiger charge is 2.29. The highest BCUT2D eigenvalue weighted by Crippen LogP contribution is 2.25. The fourth-order valence-electron chi connectivity index (χ4n) is 3.47. The molecule has 0 spiro atoms. The maximum absolute atomic E-state index is 12.9. The maximum Gasteiger partial charge on any atom is 0.261 e. The lowest BCUT2D eigenvalue weighted by Gasteiger charge is -2.28. The largest absolute Gasteiger partial charge is 0.324 e. The van der Waals surface area contributed by atoms with Gasteiger partial charge in [0.05, 0.1) is 16.8 Å². The second-order valence-corrected chi connectivity index (χ2v) is 12.0. The summed E-state index contributed by atoms with van der Waals surface area (Å²) in [5.74, 6) is -0.554. The van der Waals surface area contributed by atoms with Gasteiger partial charge in [-0.2, -0.15) is 0 Å². The van der Waals surface area contributed by atoms with Gasteiger partial charge in [0, 0.05) is 11.4 Å². The molecule has 0 bridgehead atoms. The topological polar surface area (TPSA) is 113 Å². The number of carbonyl (C=O) groups excluding carboxylic acids is 1. The van der Waals surface area contributed by atoms with E-state index in [0.717, 1.165) is 27.3 Å². The normalized spacial score (nSPS) is 12.6. The molecule has 1 amide bonds. The van der Waals surface area contributed by atoms with Crippen LogP contribution in [0.25, 0.3) is 0 Å². The minimum absolute atomic E-state index is 0.0250. The van der Waals surface area contributed by atoms with Crippen LogP contribution in [0.15, 0.2) is 71.6 Å². The van der Waals surface area contributed by atoms with Gasteiger partial charge < -0.3 is 5.32 Å². The van der Waals surface area contributed by atoms with Crippen LogP contribution >= 0.6 is 0 Å². The standard InChI is InChI=1S/C25H29N3O5S2/c1-17-6-9-22(10-7-17)27-35(32,33)24-14-11-21(12-15-24)26-25(29)20(4)28(34(5,30)31)23-13-8-18(2)19(3)16-23/h6-16,20,27H,1-5H3,(H,26,29)/t20-/m0/s1. The van der Waals surface area contributed by atoms with Crippen LogP contribution in [0, 0.1) is 20.8 Å². The number of nitrogens with one attached hydrogen (secondary N) is 2. The van der Waals surface area contributed by atoms with Crippen molar-refractivity contribution in [1.29, 1.82) is 0 Å². The molecule has 3 aromatic rings. The van der Waals surface area contributed by atoms with Crippen molar-refractivity contribution in [2.24, 2.45) is 0 Å². The number of benzene rings is 3. The van der Waals surface area contributed by atoms with Crippen molar-refractivity contribution in [2.75, 3.05) is 20.6 Å². The molecule has 0 aliphatic rings. The van der Waals surface area contributed by atoms with E-state index < -0.39 is 32.0 Å². The summed E-state index contributed by atoms with van der Waals surface area (Å²) in [7, 11) is -7.57. The average Bonchev–Trinajstić information content (AvgIpc) is 2.77. The lowest BCUT2D eigenvalue weighted by molar-refractivity contribution is -0.116. The first-order valence-electron chi connectivity index (χ1n) is 10.8. The molecule has 0 radical (unpaired) electrons. The van der Waals surface area contributed by atoms with E-state index in [9.17, 15) is 21.6 Å². The first kappa shape index (κ1) is 26.2. The Balaban J connectivity index is 1.77. The zero-order chi connectivity index (χ0) is 26.0. The zero-order valence-electron chi connectivity index (χ0n) is 20.2. The van der Waals surface area contributed by atoms with Crippen LogP contribution in [0.1, 0.15) is 23.6 Å². The molecule has 8 nitrogen and oxygen atoms in total. The Morgan fingerprint density at radius 1 is 0.800 bits per heavy atom. The first-order valence-corrected chi connectivity index (χ1v) is 14.2. The van der Waals surface area contributed by atoms with Gasteiger partial charge in [-0.3, -0.25) is 13.8 Å². The number of hydrogen-bond acceptors (Lipinski definition) is 5. The van der Waals surface area contributed by atoms with E-state index >= 15 is 0 Å². The third-order valence-electron chi connectivity index (χ3n) is 5.57. The molecule has 2 N–H and O–H groups in total. The van der Waals surface area contributed by atoms with Gasteiger partial charge in [-0.25, -0.2) is 16.8 Å². The summed E-state index contributed by atoms with van der Waals surface area (Å²) in [5, 5.41) is 2.66. The van der Waals surface area contributed by atoms with Crippen molar-refractivity contribution in [2.45, 2.75) is 38.6 Å². The zero-order valence-corrected chi connectivity index (χ0v) is 21.9. The Kier molecular flexibility index (Phi) is 7.56. The van der Waals surface area contributed by atoms with Gasteiger partial charge in [-0.1, -0.05) is 23.8 Å². The molecule has 186 valence electrons. The Bertz CT molecular complexity index is 1430. The molecule has 0 saturated heterocycles. The molecule has 0 heterocycles. The van der Waals surface area contributed by atoms with Crippen molar-refractivity contribution in [1.82, 2.24) is 0 Å². The highest BCUT2D eigenvalue weighted by atomic mass is 32.2. The van der Waals surface area contributed by atoms with E-state index in [-0.39, 0.29) is 4.90 Å². The molecular formula is C25H29N3O5S2. The van der Waals surface area contributed by atoms with E-state index in [1.807, 2.05) is 20.8 Å². The van der Waals surface area contributed by atoms with Crippen LogP contribution < -0.4 is 14.3 Å². The lowest BCUT2D eigenvalue weighted by atomic mass is 10.1.